The van der Waals surface area contributed by atoms with Crippen LogP contribution in [0.1, 0.15) is 23.4 Å². The van der Waals surface area contributed by atoms with E-state index in [0.717, 1.165) is 17.0 Å². The quantitative estimate of drug-likeness (QED) is 0.814. The lowest BCUT2D eigenvalue weighted by Gasteiger charge is -2.17. The molecule has 0 aliphatic heterocycles. The number of nitrogens with one attached hydrogen (secondary N) is 1. The van der Waals surface area contributed by atoms with Gasteiger partial charge in [0.05, 0.1) is 23.0 Å². The molecule has 2 aromatic rings. The van der Waals surface area contributed by atoms with Gasteiger partial charge in [-0.2, -0.15) is 13.2 Å². The normalized spacial score (nSPS) is 13.3. The number of hydrogen-bond donors (Lipinski definition) is 2. The Bertz CT molecular complexity index is 550. The van der Waals surface area contributed by atoms with Gasteiger partial charge in [-0.25, -0.2) is 0 Å². The highest BCUT2D eigenvalue weighted by Gasteiger charge is 2.30. The van der Waals surface area contributed by atoms with Crippen molar-refractivity contribution in [2.75, 3.05) is 11.1 Å². The molecule has 0 fully saturated rings. The smallest absolute Gasteiger partial charge is 0.397 e. The van der Waals surface area contributed by atoms with E-state index < -0.39 is 11.7 Å². The molecular formula is C13H13F3N2S. The monoisotopic (exact) mass is 286 g/mol. The molecule has 0 aliphatic rings. The van der Waals surface area contributed by atoms with Gasteiger partial charge >= 0.3 is 6.18 Å². The molecule has 1 heterocycles. The summed E-state index contributed by atoms with van der Waals surface area (Å²) in [5, 5.41) is 5.06. The fraction of sp³-hybridized carbons (Fsp3) is 0.231. The molecule has 0 bridgehead atoms. The van der Waals surface area contributed by atoms with E-state index in [1.807, 2.05) is 24.4 Å². The summed E-state index contributed by atoms with van der Waals surface area (Å²) in [5.74, 6) is 0. The first-order valence-electron chi connectivity index (χ1n) is 5.64. The maximum Gasteiger partial charge on any atom is 0.416 e. The van der Waals surface area contributed by atoms with Gasteiger partial charge < -0.3 is 11.1 Å². The molecule has 0 saturated carbocycles. The summed E-state index contributed by atoms with van der Waals surface area (Å²) in [4.78, 5) is 1.10. The predicted octanol–water partition coefficient (Wildman–Crippen LogP) is 4.52. The first-order valence-corrected chi connectivity index (χ1v) is 6.52. The Morgan fingerprint density at radius 2 is 2.00 bits per heavy atom. The first kappa shape index (κ1) is 13.7. The van der Waals surface area contributed by atoms with Gasteiger partial charge in [0.2, 0.25) is 0 Å². The number of benzene rings is 1. The third-order valence-corrected chi connectivity index (χ3v) is 3.78. The maximum atomic E-state index is 12.5. The van der Waals surface area contributed by atoms with E-state index >= 15 is 0 Å². The van der Waals surface area contributed by atoms with E-state index in [0.29, 0.717) is 5.69 Å². The van der Waals surface area contributed by atoms with E-state index in [-0.39, 0.29) is 11.7 Å². The molecule has 0 radical (unpaired) electrons. The van der Waals surface area contributed by atoms with Crippen LogP contribution in [0.3, 0.4) is 0 Å². The number of nitrogen functional groups attached to an aromatic ring is 1. The van der Waals surface area contributed by atoms with Crippen molar-refractivity contribution in [2.24, 2.45) is 0 Å². The van der Waals surface area contributed by atoms with Crippen molar-refractivity contribution in [3.8, 4) is 0 Å². The molecule has 2 rings (SSSR count). The van der Waals surface area contributed by atoms with Crippen LogP contribution in [0.2, 0.25) is 0 Å². The lowest BCUT2D eigenvalue weighted by molar-refractivity contribution is -0.137. The first-order chi connectivity index (χ1) is 8.88. The second kappa shape index (κ2) is 5.13. The zero-order chi connectivity index (χ0) is 14.0. The molecule has 2 nitrogen and oxygen atoms in total. The zero-order valence-electron chi connectivity index (χ0n) is 10.2. The number of anilines is 2. The number of halogens is 3. The van der Waals surface area contributed by atoms with Gasteiger partial charge in [-0.05, 0) is 36.6 Å². The Hall–Kier alpha value is -1.69. The van der Waals surface area contributed by atoms with E-state index in [9.17, 15) is 13.2 Å². The van der Waals surface area contributed by atoms with Crippen LogP contribution < -0.4 is 11.1 Å². The lowest BCUT2D eigenvalue weighted by atomic mass is 10.1. The SMILES string of the molecule is CC(Nc1ccc(C(F)(F)F)cc1N)c1cccs1. The van der Waals surface area contributed by atoms with Crippen LogP contribution in [0.15, 0.2) is 35.7 Å². The highest BCUT2D eigenvalue weighted by molar-refractivity contribution is 7.10. The van der Waals surface area contributed by atoms with Crippen molar-refractivity contribution in [3.05, 3.63) is 46.2 Å². The molecule has 3 N–H and O–H groups in total. The summed E-state index contributed by atoms with van der Waals surface area (Å²) >= 11 is 1.58. The fourth-order valence-electron chi connectivity index (χ4n) is 1.71. The molecule has 102 valence electrons. The summed E-state index contributed by atoms with van der Waals surface area (Å²) in [7, 11) is 0. The number of thiophene rings is 1. The van der Waals surface area contributed by atoms with Crippen LogP contribution in [-0.2, 0) is 6.18 Å². The average molecular weight is 286 g/mol. The van der Waals surface area contributed by atoms with E-state index in [1.54, 1.807) is 11.3 Å². The standard InChI is InChI=1S/C13H13F3N2S/c1-8(12-3-2-6-19-12)18-11-5-4-9(7-10(11)17)13(14,15)16/h2-8,18H,17H2,1H3. The van der Waals surface area contributed by atoms with Crippen molar-refractivity contribution >= 4 is 22.7 Å². The summed E-state index contributed by atoms with van der Waals surface area (Å²) in [6.07, 6.45) is -4.37. The molecule has 0 saturated heterocycles. The molecule has 1 atom stereocenters. The molecule has 1 aromatic heterocycles. The highest BCUT2D eigenvalue weighted by atomic mass is 32.1. The summed E-state index contributed by atoms with van der Waals surface area (Å²) < 4.78 is 37.5. The third-order valence-electron chi connectivity index (χ3n) is 2.72. The number of nitrogens with two attached hydrogens (primary N) is 1. The Morgan fingerprint density at radius 3 is 2.53 bits per heavy atom. The van der Waals surface area contributed by atoms with Crippen molar-refractivity contribution in [1.82, 2.24) is 0 Å². The Balaban J connectivity index is 2.18. The van der Waals surface area contributed by atoms with Crippen molar-refractivity contribution < 1.29 is 13.2 Å². The molecular weight excluding hydrogens is 273 g/mol. The van der Waals surface area contributed by atoms with Crippen LogP contribution in [0.25, 0.3) is 0 Å². The minimum atomic E-state index is -4.37. The van der Waals surface area contributed by atoms with Gasteiger partial charge in [-0.3, -0.25) is 0 Å². The Labute approximate surface area is 113 Å². The van der Waals surface area contributed by atoms with Crippen LogP contribution in [0.5, 0.6) is 0 Å². The summed E-state index contributed by atoms with van der Waals surface area (Å²) in [6.45, 7) is 1.93. The lowest BCUT2D eigenvalue weighted by Crippen LogP contribution is -2.10. The molecule has 0 aliphatic carbocycles. The molecule has 19 heavy (non-hydrogen) atoms. The zero-order valence-corrected chi connectivity index (χ0v) is 11.0. The largest absolute Gasteiger partial charge is 0.416 e. The average Bonchev–Trinajstić information content (AvgIpc) is 2.84. The fourth-order valence-corrected chi connectivity index (χ4v) is 2.45. The van der Waals surface area contributed by atoms with Crippen LogP contribution in [-0.4, -0.2) is 0 Å². The van der Waals surface area contributed by atoms with E-state index in [2.05, 4.69) is 5.32 Å². The minimum Gasteiger partial charge on any atom is -0.397 e. The molecule has 6 heteroatoms. The predicted molar refractivity (Wildman–Crippen MR) is 72.2 cm³/mol. The van der Waals surface area contributed by atoms with Crippen molar-refractivity contribution in [1.29, 1.82) is 0 Å². The Kier molecular flexibility index (Phi) is 3.71. The van der Waals surface area contributed by atoms with Crippen molar-refractivity contribution in [2.45, 2.75) is 19.1 Å². The number of rotatable bonds is 3. The second-order valence-electron chi connectivity index (χ2n) is 4.18. The van der Waals surface area contributed by atoms with Crippen LogP contribution in [0, 0.1) is 0 Å². The summed E-state index contributed by atoms with van der Waals surface area (Å²) in [5.41, 5.74) is 5.53. The van der Waals surface area contributed by atoms with Crippen molar-refractivity contribution in [3.63, 3.8) is 0 Å². The molecule has 1 unspecified atom stereocenters. The Morgan fingerprint density at radius 1 is 1.26 bits per heavy atom. The molecule has 1 aromatic carbocycles. The second-order valence-corrected chi connectivity index (χ2v) is 5.16. The summed E-state index contributed by atoms with van der Waals surface area (Å²) in [6, 6.07) is 7.22. The van der Waals surface area contributed by atoms with Gasteiger partial charge in [-0.15, -0.1) is 11.3 Å². The van der Waals surface area contributed by atoms with Gasteiger partial charge in [0.25, 0.3) is 0 Å². The van der Waals surface area contributed by atoms with Gasteiger partial charge in [0.15, 0.2) is 0 Å². The maximum absolute atomic E-state index is 12.5. The van der Waals surface area contributed by atoms with Crippen LogP contribution in [0.4, 0.5) is 24.5 Å². The topological polar surface area (TPSA) is 38.0 Å². The highest BCUT2D eigenvalue weighted by Crippen LogP contribution is 2.34. The van der Waals surface area contributed by atoms with E-state index in [4.69, 9.17) is 5.73 Å². The van der Waals surface area contributed by atoms with Gasteiger partial charge in [0.1, 0.15) is 0 Å². The van der Waals surface area contributed by atoms with Gasteiger partial charge in [-0.1, -0.05) is 6.07 Å². The minimum absolute atomic E-state index is 0.000892. The van der Waals surface area contributed by atoms with Gasteiger partial charge in [0, 0.05) is 4.88 Å². The third kappa shape index (κ3) is 3.20. The number of hydrogen-bond acceptors (Lipinski definition) is 3. The molecule has 0 amide bonds. The number of alkyl halides is 3. The van der Waals surface area contributed by atoms with Crippen LogP contribution >= 0.6 is 11.3 Å². The molecule has 0 spiro atoms. The van der Waals surface area contributed by atoms with E-state index in [1.165, 1.54) is 6.07 Å².